The zero-order valence-electron chi connectivity index (χ0n) is 10.0. The van der Waals surface area contributed by atoms with Gasteiger partial charge >= 0.3 is 6.09 Å². The third kappa shape index (κ3) is 3.98. The van der Waals surface area contributed by atoms with Crippen molar-refractivity contribution in [3.8, 4) is 0 Å². The maximum atomic E-state index is 11.7. The van der Waals surface area contributed by atoms with Crippen LogP contribution in [0.4, 0.5) is 4.79 Å². The first kappa shape index (κ1) is 12.6. The van der Waals surface area contributed by atoms with Crippen molar-refractivity contribution >= 4 is 6.09 Å². The van der Waals surface area contributed by atoms with E-state index in [1.807, 2.05) is 20.8 Å². The van der Waals surface area contributed by atoms with Crippen LogP contribution in [0.1, 0.15) is 27.2 Å². The molecule has 0 spiro atoms. The quantitative estimate of drug-likeness (QED) is 0.412. The lowest BCUT2D eigenvalue weighted by Crippen LogP contribution is -2.35. The molecule has 1 fully saturated rings. The van der Waals surface area contributed by atoms with Crippen LogP contribution in [0.25, 0.3) is 10.4 Å². The van der Waals surface area contributed by atoms with Gasteiger partial charge in [-0.1, -0.05) is 5.11 Å². The summed E-state index contributed by atoms with van der Waals surface area (Å²) in [7, 11) is 0. The van der Waals surface area contributed by atoms with Crippen LogP contribution in [0.2, 0.25) is 0 Å². The van der Waals surface area contributed by atoms with Crippen molar-refractivity contribution in [1.29, 1.82) is 0 Å². The van der Waals surface area contributed by atoms with Crippen LogP contribution in [0.5, 0.6) is 0 Å². The third-order valence-electron chi connectivity index (χ3n) is 2.34. The van der Waals surface area contributed by atoms with Gasteiger partial charge in [0.1, 0.15) is 5.60 Å². The fraction of sp³-hybridized carbons (Fsp3) is 0.900. The molecule has 6 heteroatoms. The van der Waals surface area contributed by atoms with Gasteiger partial charge in [0.25, 0.3) is 0 Å². The normalized spacial score (nSPS) is 20.4. The number of ether oxygens (including phenoxy) is 1. The monoisotopic (exact) mass is 226 g/mol. The first-order valence-electron chi connectivity index (χ1n) is 5.41. The summed E-state index contributed by atoms with van der Waals surface area (Å²) in [6, 6.07) is 0. The van der Waals surface area contributed by atoms with Gasteiger partial charge in [0.15, 0.2) is 0 Å². The first-order chi connectivity index (χ1) is 7.42. The molecular weight excluding hydrogens is 208 g/mol. The first-order valence-corrected chi connectivity index (χ1v) is 5.41. The lowest BCUT2D eigenvalue weighted by Gasteiger charge is -2.24. The average molecular weight is 226 g/mol. The molecule has 1 heterocycles. The topological polar surface area (TPSA) is 78.3 Å². The molecule has 0 bridgehead atoms. The summed E-state index contributed by atoms with van der Waals surface area (Å²) in [4.78, 5) is 16.1. The molecule has 1 atom stereocenters. The van der Waals surface area contributed by atoms with Crippen LogP contribution >= 0.6 is 0 Å². The van der Waals surface area contributed by atoms with Gasteiger partial charge in [-0.25, -0.2) is 4.79 Å². The van der Waals surface area contributed by atoms with Gasteiger partial charge in [0.05, 0.1) is 0 Å². The summed E-state index contributed by atoms with van der Waals surface area (Å²) in [5.74, 6) is 0.267. The minimum absolute atomic E-state index is 0.267. The van der Waals surface area contributed by atoms with Crippen molar-refractivity contribution in [2.45, 2.75) is 32.8 Å². The van der Waals surface area contributed by atoms with Gasteiger partial charge in [-0.3, -0.25) is 0 Å². The average Bonchev–Trinajstić information content (AvgIpc) is 2.60. The van der Waals surface area contributed by atoms with E-state index in [-0.39, 0.29) is 12.0 Å². The summed E-state index contributed by atoms with van der Waals surface area (Å²) in [6.07, 6.45) is 0.592. The lowest BCUT2D eigenvalue weighted by molar-refractivity contribution is 0.0289. The maximum absolute atomic E-state index is 11.7. The molecule has 0 radical (unpaired) electrons. The SMILES string of the molecule is CC(C)(C)OC(=O)N1CCC(CN=[N+]=[N-])C1. The van der Waals surface area contributed by atoms with Gasteiger partial charge in [-0.15, -0.1) is 0 Å². The highest BCUT2D eigenvalue weighted by atomic mass is 16.6. The molecule has 1 rings (SSSR count). The number of carbonyl (C=O) groups excluding carboxylic acids is 1. The second kappa shape index (κ2) is 5.07. The van der Waals surface area contributed by atoms with Crippen LogP contribution in [0, 0.1) is 5.92 Å². The van der Waals surface area contributed by atoms with E-state index in [1.165, 1.54) is 0 Å². The Bertz CT molecular complexity index is 304. The number of azide groups is 1. The fourth-order valence-electron chi connectivity index (χ4n) is 1.63. The third-order valence-corrected chi connectivity index (χ3v) is 2.34. The molecule has 1 aliphatic rings. The van der Waals surface area contributed by atoms with Gasteiger partial charge in [0, 0.05) is 24.5 Å². The highest BCUT2D eigenvalue weighted by Crippen LogP contribution is 2.19. The van der Waals surface area contributed by atoms with Crippen LogP contribution in [0.3, 0.4) is 0 Å². The second-order valence-electron chi connectivity index (χ2n) is 4.99. The molecule has 1 unspecified atom stereocenters. The Kier molecular flexibility index (Phi) is 4.01. The van der Waals surface area contributed by atoms with E-state index < -0.39 is 5.60 Å². The summed E-state index contributed by atoms with van der Waals surface area (Å²) in [6.45, 7) is 7.29. The number of nitrogens with zero attached hydrogens (tertiary/aromatic N) is 4. The Morgan fingerprint density at radius 2 is 2.31 bits per heavy atom. The van der Waals surface area contributed by atoms with Crippen LogP contribution in [-0.4, -0.2) is 36.2 Å². The molecule has 0 aromatic carbocycles. The molecule has 0 N–H and O–H groups in total. The van der Waals surface area contributed by atoms with Crippen molar-refractivity contribution in [2.75, 3.05) is 19.6 Å². The molecule has 0 aliphatic carbocycles. The molecule has 16 heavy (non-hydrogen) atoms. The Hall–Kier alpha value is -1.42. The molecule has 0 saturated carbocycles. The lowest BCUT2D eigenvalue weighted by atomic mass is 10.1. The molecule has 0 aromatic heterocycles. The highest BCUT2D eigenvalue weighted by Gasteiger charge is 2.29. The van der Waals surface area contributed by atoms with E-state index in [9.17, 15) is 4.79 Å². The summed E-state index contributed by atoms with van der Waals surface area (Å²) in [5, 5.41) is 3.52. The Balaban J connectivity index is 2.40. The second-order valence-corrected chi connectivity index (χ2v) is 4.99. The van der Waals surface area contributed by atoms with E-state index >= 15 is 0 Å². The van der Waals surface area contributed by atoms with Crippen molar-refractivity contribution in [2.24, 2.45) is 11.0 Å². The van der Waals surface area contributed by atoms with Crippen LogP contribution in [0.15, 0.2) is 5.11 Å². The predicted molar refractivity (Wildman–Crippen MR) is 59.9 cm³/mol. The molecule has 0 aromatic rings. The van der Waals surface area contributed by atoms with E-state index in [4.69, 9.17) is 10.3 Å². The summed E-state index contributed by atoms with van der Waals surface area (Å²) < 4.78 is 5.26. The fourth-order valence-corrected chi connectivity index (χ4v) is 1.63. The zero-order valence-corrected chi connectivity index (χ0v) is 10.0. The highest BCUT2D eigenvalue weighted by molar-refractivity contribution is 5.68. The van der Waals surface area contributed by atoms with Crippen molar-refractivity contribution in [1.82, 2.24) is 4.90 Å². The number of amides is 1. The van der Waals surface area contributed by atoms with E-state index in [1.54, 1.807) is 4.90 Å². The number of likely N-dealkylation sites (tertiary alicyclic amines) is 1. The van der Waals surface area contributed by atoms with E-state index in [0.717, 1.165) is 6.42 Å². The molecular formula is C10H18N4O2. The van der Waals surface area contributed by atoms with Crippen LogP contribution in [-0.2, 0) is 4.74 Å². The Morgan fingerprint density at radius 1 is 1.62 bits per heavy atom. The predicted octanol–water partition coefficient (Wildman–Crippen LogP) is 2.55. The minimum atomic E-state index is -0.458. The van der Waals surface area contributed by atoms with Crippen molar-refractivity contribution in [3.63, 3.8) is 0 Å². The Morgan fingerprint density at radius 3 is 2.88 bits per heavy atom. The van der Waals surface area contributed by atoms with Gasteiger partial charge < -0.3 is 9.64 Å². The molecule has 1 saturated heterocycles. The summed E-state index contributed by atoms with van der Waals surface area (Å²) >= 11 is 0. The standard InChI is InChI=1S/C10H18N4O2/c1-10(2,3)16-9(15)14-5-4-8(7-14)6-12-13-11/h8H,4-7H2,1-3H3. The number of carbonyl (C=O) groups is 1. The summed E-state index contributed by atoms with van der Waals surface area (Å²) in [5.41, 5.74) is 7.75. The molecule has 1 aliphatic heterocycles. The number of hydrogen-bond donors (Lipinski definition) is 0. The van der Waals surface area contributed by atoms with Crippen molar-refractivity contribution in [3.05, 3.63) is 10.4 Å². The van der Waals surface area contributed by atoms with E-state index in [0.29, 0.717) is 19.6 Å². The molecule has 1 amide bonds. The smallest absolute Gasteiger partial charge is 0.410 e. The van der Waals surface area contributed by atoms with Gasteiger partial charge in [0.2, 0.25) is 0 Å². The van der Waals surface area contributed by atoms with Gasteiger partial charge in [-0.2, -0.15) is 0 Å². The molecule has 6 nitrogen and oxygen atoms in total. The Labute approximate surface area is 95.2 Å². The number of rotatable bonds is 2. The number of hydrogen-bond acceptors (Lipinski definition) is 3. The maximum Gasteiger partial charge on any atom is 0.410 e. The van der Waals surface area contributed by atoms with Gasteiger partial charge in [-0.05, 0) is 38.6 Å². The minimum Gasteiger partial charge on any atom is -0.444 e. The largest absolute Gasteiger partial charge is 0.444 e. The van der Waals surface area contributed by atoms with E-state index in [2.05, 4.69) is 10.0 Å². The van der Waals surface area contributed by atoms with Crippen molar-refractivity contribution < 1.29 is 9.53 Å². The zero-order chi connectivity index (χ0) is 12.2. The van der Waals surface area contributed by atoms with Crippen LogP contribution < -0.4 is 0 Å². The molecule has 90 valence electrons.